The van der Waals surface area contributed by atoms with E-state index in [1.54, 1.807) is 6.33 Å². The molecule has 0 bridgehead atoms. The molecule has 0 spiro atoms. The minimum atomic E-state index is 0.439. The molecule has 1 heterocycles. The third kappa shape index (κ3) is 3.32. The first-order chi connectivity index (χ1) is 8.11. The van der Waals surface area contributed by atoms with E-state index in [0.717, 1.165) is 31.0 Å². The Balaban J connectivity index is 3.04. The Kier molecular flexibility index (Phi) is 5.19. The van der Waals surface area contributed by atoms with Crippen molar-refractivity contribution in [2.45, 2.75) is 46.6 Å². The summed E-state index contributed by atoms with van der Waals surface area (Å²) in [4.78, 5) is 10.9. The summed E-state index contributed by atoms with van der Waals surface area (Å²) < 4.78 is 0. The first kappa shape index (κ1) is 13.7. The van der Waals surface area contributed by atoms with Gasteiger partial charge in [0.1, 0.15) is 18.0 Å². The van der Waals surface area contributed by atoms with E-state index in [1.165, 1.54) is 5.56 Å². The third-order valence-electron chi connectivity index (χ3n) is 2.93. The molecule has 17 heavy (non-hydrogen) atoms. The Morgan fingerprint density at radius 2 is 2.00 bits per heavy atom. The minimum Gasteiger partial charge on any atom is -0.370 e. The van der Waals surface area contributed by atoms with Gasteiger partial charge in [-0.05, 0) is 26.7 Å². The van der Waals surface area contributed by atoms with E-state index in [1.807, 2.05) is 0 Å². The van der Waals surface area contributed by atoms with Gasteiger partial charge < -0.3 is 10.2 Å². The van der Waals surface area contributed by atoms with Crippen molar-refractivity contribution in [3.8, 4) is 0 Å². The van der Waals surface area contributed by atoms with Gasteiger partial charge in [-0.3, -0.25) is 0 Å². The Morgan fingerprint density at radius 3 is 2.53 bits per heavy atom. The SMILES string of the molecule is CCCNc1ncnc(N(C)C(C)C)c1CC. The summed E-state index contributed by atoms with van der Waals surface area (Å²) in [6.45, 7) is 9.59. The lowest BCUT2D eigenvalue weighted by Crippen LogP contribution is -2.28. The van der Waals surface area contributed by atoms with Gasteiger partial charge in [0.25, 0.3) is 0 Å². The Bertz CT molecular complexity index is 349. The Labute approximate surface area is 104 Å². The highest BCUT2D eigenvalue weighted by Gasteiger charge is 2.14. The molecule has 0 radical (unpaired) electrons. The molecule has 0 atom stereocenters. The Hall–Kier alpha value is -1.32. The molecule has 4 heteroatoms. The molecule has 0 saturated heterocycles. The maximum atomic E-state index is 4.41. The van der Waals surface area contributed by atoms with Crippen molar-refractivity contribution in [1.29, 1.82) is 0 Å². The van der Waals surface area contributed by atoms with Gasteiger partial charge in [-0.25, -0.2) is 9.97 Å². The molecule has 0 aromatic carbocycles. The number of anilines is 2. The summed E-state index contributed by atoms with van der Waals surface area (Å²) in [5.74, 6) is 2.02. The van der Waals surface area contributed by atoms with E-state index < -0.39 is 0 Å². The van der Waals surface area contributed by atoms with E-state index in [9.17, 15) is 0 Å². The van der Waals surface area contributed by atoms with Gasteiger partial charge in [0.15, 0.2) is 0 Å². The predicted molar refractivity (Wildman–Crippen MR) is 73.7 cm³/mol. The normalized spacial score (nSPS) is 10.7. The standard InChI is InChI=1S/C13H24N4/c1-6-8-14-12-11(7-2)13(16-9-15-12)17(5)10(3)4/h9-10H,6-8H2,1-5H3,(H,14,15,16). The maximum absolute atomic E-state index is 4.41. The summed E-state index contributed by atoms with van der Waals surface area (Å²) in [5, 5.41) is 3.37. The van der Waals surface area contributed by atoms with Crippen LogP contribution in [-0.4, -0.2) is 29.6 Å². The molecule has 0 fully saturated rings. The number of nitrogens with one attached hydrogen (secondary N) is 1. The van der Waals surface area contributed by atoms with E-state index in [4.69, 9.17) is 0 Å². The monoisotopic (exact) mass is 236 g/mol. The van der Waals surface area contributed by atoms with Crippen LogP contribution < -0.4 is 10.2 Å². The fraction of sp³-hybridized carbons (Fsp3) is 0.692. The van der Waals surface area contributed by atoms with E-state index >= 15 is 0 Å². The maximum Gasteiger partial charge on any atom is 0.137 e. The second kappa shape index (κ2) is 6.42. The highest BCUT2D eigenvalue weighted by Crippen LogP contribution is 2.24. The van der Waals surface area contributed by atoms with Crippen molar-refractivity contribution in [3.05, 3.63) is 11.9 Å². The predicted octanol–water partition coefficient (Wildman–Crippen LogP) is 2.71. The molecule has 0 saturated carbocycles. The fourth-order valence-corrected chi connectivity index (χ4v) is 1.67. The van der Waals surface area contributed by atoms with Gasteiger partial charge in [-0.15, -0.1) is 0 Å². The molecular weight excluding hydrogens is 212 g/mol. The second-order valence-electron chi connectivity index (χ2n) is 4.51. The fourth-order valence-electron chi connectivity index (χ4n) is 1.67. The van der Waals surface area contributed by atoms with Crippen LogP contribution in [-0.2, 0) is 6.42 Å². The molecule has 96 valence electrons. The summed E-state index contributed by atoms with van der Waals surface area (Å²) >= 11 is 0. The van der Waals surface area contributed by atoms with Crippen molar-refractivity contribution < 1.29 is 0 Å². The van der Waals surface area contributed by atoms with Crippen LogP contribution >= 0.6 is 0 Å². The van der Waals surface area contributed by atoms with Crippen molar-refractivity contribution in [1.82, 2.24) is 9.97 Å². The lowest BCUT2D eigenvalue weighted by molar-refractivity contribution is 0.735. The molecule has 0 amide bonds. The van der Waals surface area contributed by atoms with Crippen LogP contribution in [0.3, 0.4) is 0 Å². The van der Waals surface area contributed by atoms with Crippen molar-refractivity contribution in [3.63, 3.8) is 0 Å². The van der Waals surface area contributed by atoms with Crippen LogP contribution in [0.15, 0.2) is 6.33 Å². The molecule has 0 aliphatic carbocycles. The van der Waals surface area contributed by atoms with Crippen LogP contribution in [0.25, 0.3) is 0 Å². The second-order valence-corrected chi connectivity index (χ2v) is 4.51. The number of nitrogens with zero attached hydrogens (tertiary/aromatic N) is 3. The molecule has 1 rings (SSSR count). The van der Waals surface area contributed by atoms with E-state index in [2.05, 4.69) is 54.9 Å². The van der Waals surface area contributed by atoms with Gasteiger partial charge >= 0.3 is 0 Å². The molecule has 1 aromatic rings. The number of aromatic nitrogens is 2. The lowest BCUT2D eigenvalue weighted by atomic mass is 10.2. The minimum absolute atomic E-state index is 0.439. The zero-order chi connectivity index (χ0) is 12.8. The molecule has 1 aromatic heterocycles. The highest BCUT2D eigenvalue weighted by atomic mass is 15.2. The van der Waals surface area contributed by atoms with E-state index in [-0.39, 0.29) is 0 Å². The molecule has 1 N–H and O–H groups in total. The topological polar surface area (TPSA) is 41.1 Å². The smallest absolute Gasteiger partial charge is 0.137 e. The van der Waals surface area contributed by atoms with Crippen molar-refractivity contribution >= 4 is 11.6 Å². The zero-order valence-corrected chi connectivity index (χ0v) is 11.6. The summed E-state index contributed by atoms with van der Waals surface area (Å²) in [6.07, 6.45) is 3.69. The van der Waals surface area contributed by atoms with Crippen LogP contribution in [0.1, 0.15) is 39.7 Å². The van der Waals surface area contributed by atoms with Gasteiger partial charge in [0, 0.05) is 25.2 Å². The highest BCUT2D eigenvalue weighted by molar-refractivity contribution is 5.58. The first-order valence-corrected chi connectivity index (χ1v) is 6.42. The summed E-state index contributed by atoms with van der Waals surface area (Å²) in [5.41, 5.74) is 1.21. The van der Waals surface area contributed by atoms with Crippen LogP contribution in [0.5, 0.6) is 0 Å². The van der Waals surface area contributed by atoms with Crippen LogP contribution in [0.2, 0.25) is 0 Å². The number of rotatable bonds is 6. The molecule has 0 aliphatic rings. The Morgan fingerprint density at radius 1 is 1.29 bits per heavy atom. The molecule has 4 nitrogen and oxygen atoms in total. The zero-order valence-electron chi connectivity index (χ0n) is 11.6. The average Bonchev–Trinajstić information content (AvgIpc) is 2.34. The first-order valence-electron chi connectivity index (χ1n) is 6.42. The quantitative estimate of drug-likeness (QED) is 0.824. The van der Waals surface area contributed by atoms with Crippen LogP contribution in [0.4, 0.5) is 11.6 Å². The molecule has 0 unspecified atom stereocenters. The van der Waals surface area contributed by atoms with Gasteiger partial charge in [0.2, 0.25) is 0 Å². The number of hydrogen-bond donors (Lipinski definition) is 1. The van der Waals surface area contributed by atoms with Gasteiger partial charge in [-0.1, -0.05) is 13.8 Å². The van der Waals surface area contributed by atoms with Gasteiger partial charge in [0.05, 0.1) is 0 Å². The molecular formula is C13H24N4. The number of hydrogen-bond acceptors (Lipinski definition) is 4. The largest absolute Gasteiger partial charge is 0.370 e. The van der Waals surface area contributed by atoms with Crippen LogP contribution in [0, 0.1) is 0 Å². The summed E-state index contributed by atoms with van der Waals surface area (Å²) in [6, 6.07) is 0.439. The average molecular weight is 236 g/mol. The molecule has 0 aliphatic heterocycles. The lowest BCUT2D eigenvalue weighted by Gasteiger charge is -2.25. The van der Waals surface area contributed by atoms with Gasteiger partial charge in [-0.2, -0.15) is 0 Å². The van der Waals surface area contributed by atoms with Crippen molar-refractivity contribution in [2.24, 2.45) is 0 Å². The van der Waals surface area contributed by atoms with Crippen molar-refractivity contribution in [2.75, 3.05) is 23.8 Å². The summed E-state index contributed by atoms with van der Waals surface area (Å²) in [7, 11) is 2.08. The van der Waals surface area contributed by atoms with E-state index in [0.29, 0.717) is 6.04 Å². The third-order valence-corrected chi connectivity index (χ3v) is 2.93.